The molecule has 25 heavy (non-hydrogen) atoms. The van der Waals surface area contributed by atoms with Gasteiger partial charge in [-0.25, -0.2) is 0 Å². The second-order valence-electron chi connectivity index (χ2n) is 6.67. The first-order chi connectivity index (χ1) is 12.0. The Bertz CT molecular complexity index is 750. The van der Waals surface area contributed by atoms with E-state index in [4.69, 9.17) is 0 Å². The highest BCUT2D eigenvalue weighted by molar-refractivity contribution is 5.94. The van der Waals surface area contributed by atoms with Gasteiger partial charge < -0.3 is 10.2 Å². The van der Waals surface area contributed by atoms with Crippen molar-refractivity contribution in [3.8, 4) is 0 Å². The maximum absolute atomic E-state index is 12.9. The van der Waals surface area contributed by atoms with Crippen LogP contribution in [0.25, 0.3) is 0 Å². The van der Waals surface area contributed by atoms with E-state index in [1.165, 1.54) is 18.1 Å². The van der Waals surface area contributed by atoms with Crippen molar-refractivity contribution in [3.63, 3.8) is 0 Å². The minimum atomic E-state index is -0.0573. The number of carbonyl (C=O) groups is 2. The molecular formula is C21H24N2O2. The van der Waals surface area contributed by atoms with Crippen molar-refractivity contribution in [3.05, 3.63) is 70.8 Å². The topological polar surface area (TPSA) is 49.4 Å². The lowest BCUT2D eigenvalue weighted by atomic mass is 10.0. The van der Waals surface area contributed by atoms with Crippen molar-refractivity contribution in [1.29, 1.82) is 0 Å². The standard InChI is InChI=1S/C21H24N2O2/c1-15-5-9-18(10-6-15)20-4-3-13-23(20)21(25)19-11-7-17(8-12-19)14-22-16(2)24/h5-12,20H,3-4,13-14H2,1-2H3,(H,22,24). The average Bonchev–Trinajstić information content (AvgIpc) is 3.10. The lowest BCUT2D eigenvalue weighted by Gasteiger charge is -2.25. The Morgan fingerprint density at radius 1 is 1.08 bits per heavy atom. The molecule has 0 radical (unpaired) electrons. The highest BCUT2D eigenvalue weighted by atomic mass is 16.2. The number of hydrogen-bond acceptors (Lipinski definition) is 2. The second-order valence-corrected chi connectivity index (χ2v) is 6.67. The van der Waals surface area contributed by atoms with Gasteiger partial charge in [0.15, 0.2) is 0 Å². The molecule has 0 saturated carbocycles. The molecule has 0 bridgehead atoms. The second kappa shape index (κ2) is 7.51. The zero-order valence-corrected chi connectivity index (χ0v) is 14.8. The van der Waals surface area contributed by atoms with Gasteiger partial charge in [-0.2, -0.15) is 0 Å². The quantitative estimate of drug-likeness (QED) is 0.927. The van der Waals surface area contributed by atoms with Gasteiger partial charge in [0.1, 0.15) is 0 Å². The number of amides is 2. The first kappa shape index (κ1) is 17.2. The van der Waals surface area contributed by atoms with Crippen LogP contribution < -0.4 is 5.32 Å². The summed E-state index contributed by atoms with van der Waals surface area (Å²) in [6, 6.07) is 16.1. The number of benzene rings is 2. The maximum atomic E-state index is 12.9. The Morgan fingerprint density at radius 2 is 1.76 bits per heavy atom. The Balaban J connectivity index is 1.73. The normalized spacial score (nSPS) is 16.7. The molecule has 130 valence electrons. The SMILES string of the molecule is CC(=O)NCc1ccc(C(=O)N2CCCC2c2ccc(C)cc2)cc1. The fourth-order valence-electron chi connectivity index (χ4n) is 3.30. The molecule has 1 aliphatic rings. The van der Waals surface area contributed by atoms with Gasteiger partial charge in [0.2, 0.25) is 5.91 Å². The van der Waals surface area contributed by atoms with Gasteiger partial charge in [0, 0.05) is 25.6 Å². The molecule has 1 unspecified atom stereocenters. The minimum Gasteiger partial charge on any atom is -0.352 e. The molecule has 3 rings (SSSR count). The number of nitrogens with one attached hydrogen (secondary N) is 1. The first-order valence-electron chi connectivity index (χ1n) is 8.75. The highest BCUT2D eigenvalue weighted by Gasteiger charge is 2.30. The van der Waals surface area contributed by atoms with Crippen molar-refractivity contribution >= 4 is 11.8 Å². The number of nitrogens with zero attached hydrogens (tertiary/aromatic N) is 1. The van der Waals surface area contributed by atoms with E-state index in [0.29, 0.717) is 12.1 Å². The molecule has 0 spiro atoms. The maximum Gasteiger partial charge on any atom is 0.254 e. The first-order valence-corrected chi connectivity index (χ1v) is 8.75. The Labute approximate surface area is 148 Å². The van der Waals surface area contributed by atoms with E-state index in [0.717, 1.165) is 24.9 Å². The van der Waals surface area contributed by atoms with Gasteiger partial charge in [0.25, 0.3) is 5.91 Å². The fraction of sp³-hybridized carbons (Fsp3) is 0.333. The fourth-order valence-corrected chi connectivity index (χ4v) is 3.30. The largest absolute Gasteiger partial charge is 0.352 e. The average molecular weight is 336 g/mol. The van der Waals surface area contributed by atoms with Crippen LogP contribution >= 0.6 is 0 Å². The molecule has 1 saturated heterocycles. The number of likely N-dealkylation sites (tertiary alicyclic amines) is 1. The summed E-state index contributed by atoms with van der Waals surface area (Å²) in [6.45, 7) is 4.85. The molecule has 0 aliphatic carbocycles. The zero-order chi connectivity index (χ0) is 17.8. The van der Waals surface area contributed by atoms with Crippen molar-refractivity contribution in [2.45, 2.75) is 39.3 Å². The van der Waals surface area contributed by atoms with Gasteiger partial charge in [0.05, 0.1) is 6.04 Å². The number of rotatable bonds is 4. The predicted molar refractivity (Wildman–Crippen MR) is 98.2 cm³/mol. The Morgan fingerprint density at radius 3 is 2.40 bits per heavy atom. The molecule has 1 N–H and O–H groups in total. The van der Waals surface area contributed by atoms with Gasteiger partial charge >= 0.3 is 0 Å². The molecule has 4 nitrogen and oxygen atoms in total. The molecule has 1 atom stereocenters. The van der Waals surface area contributed by atoms with Crippen LogP contribution in [0.3, 0.4) is 0 Å². The van der Waals surface area contributed by atoms with Crippen LogP contribution in [0, 0.1) is 6.92 Å². The summed E-state index contributed by atoms with van der Waals surface area (Å²) < 4.78 is 0. The van der Waals surface area contributed by atoms with Crippen molar-refractivity contribution < 1.29 is 9.59 Å². The predicted octanol–water partition coefficient (Wildman–Crippen LogP) is 3.61. The molecule has 1 aliphatic heterocycles. The smallest absolute Gasteiger partial charge is 0.254 e. The third-order valence-corrected chi connectivity index (χ3v) is 4.72. The number of carbonyl (C=O) groups excluding carboxylic acids is 2. The summed E-state index contributed by atoms with van der Waals surface area (Å²) in [5.41, 5.74) is 4.13. The summed E-state index contributed by atoms with van der Waals surface area (Å²) in [5, 5.41) is 2.76. The molecule has 2 aromatic rings. The van der Waals surface area contributed by atoms with Gasteiger partial charge in [-0.1, -0.05) is 42.0 Å². The zero-order valence-electron chi connectivity index (χ0n) is 14.8. The van der Waals surface area contributed by atoms with E-state index < -0.39 is 0 Å². The molecule has 1 heterocycles. The molecule has 2 amide bonds. The van der Waals surface area contributed by atoms with Crippen LogP contribution in [0.15, 0.2) is 48.5 Å². The molecular weight excluding hydrogens is 312 g/mol. The minimum absolute atomic E-state index is 0.0573. The molecule has 1 fully saturated rings. The summed E-state index contributed by atoms with van der Waals surface area (Å²) in [7, 11) is 0. The summed E-state index contributed by atoms with van der Waals surface area (Å²) >= 11 is 0. The monoisotopic (exact) mass is 336 g/mol. The summed E-state index contributed by atoms with van der Waals surface area (Å²) in [4.78, 5) is 25.9. The lowest BCUT2D eigenvalue weighted by molar-refractivity contribution is -0.119. The highest BCUT2D eigenvalue weighted by Crippen LogP contribution is 2.33. The van der Waals surface area contributed by atoms with E-state index in [1.807, 2.05) is 29.2 Å². The van der Waals surface area contributed by atoms with Gasteiger partial charge in [-0.05, 0) is 43.0 Å². The van der Waals surface area contributed by atoms with Crippen molar-refractivity contribution in [2.75, 3.05) is 6.54 Å². The van der Waals surface area contributed by atoms with E-state index in [-0.39, 0.29) is 17.9 Å². The van der Waals surface area contributed by atoms with E-state index >= 15 is 0 Å². The number of aryl methyl sites for hydroxylation is 1. The van der Waals surface area contributed by atoms with E-state index in [9.17, 15) is 9.59 Å². The molecule has 2 aromatic carbocycles. The third kappa shape index (κ3) is 4.08. The Hall–Kier alpha value is -2.62. The third-order valence-electron chi connectivity index (χ3n) is 4.72. The van der Waals surface area contributed by atoms with Gasteiger partial charge in [-0.15, -0.1) is 0 Å². The summed E-state index contributed by atoms with van der Waals surface area (Å²) in [6.07, 6.45) is 2.04. The molecule has 0 aromatic heterocycles. The van der Waals surface area contributed by atoms with Crippen molar-refractivity contribution in [1.82, 2.24) is 10.2 Å². The van der Waals surface area contributed by atoms with Crippen LogP contribution in [0.5, 0.6) is 0 Å². The van der Waals surface area contributed by atoms with Crippen LogP contribution in [0.4, 0.5) is 0 Å². The van der Waals surface area contributed by atoms with Gasteiger partial charge in [-0.3, -0.25) is 9.59 Å². The Kier molecular flexibility index (Phi) is 5.17. The lowest BCUT2D eigenvalue weighted by Crippen LogP contribution is -2.30. The number of hydrogen-bond donors (Lipinski definition) is 1. The van der Waals surface area contributed by atoms with Crippen molar-refractivity contribution in [2.24, 2.45) is 0 Å². The van der Waals surface area contributed by atoms with E-state index in [2.05, 4.69) is 36.5 Å². The summed E-state index contributed by atoms with van der Waals surface area (Å²) in [5.74, 6) is 0.0207. The van der Waals surface area contributed by atoms with Crippen LogP contribution in [0.2, 0.25) is 0 Å². The molecule has 4 heteroatoms. The van der Waals surface area contributed by atoms with E-state index in [1.54, 1.807) is 0 Å². The van der Waals surface area contributed by atoms with Crippen LogP contribution in [-0.4, -0.2) is 23.3 Å². The van der Waals surface area contributed by atoms with Crippen LogP contribution in [-0.2, 0) is 11.3 Å². The van der Waals surface area contributed by atoms with Crippen LogP contribution in [0.1, 0.15) is 52.9 Å².